The van der Waals surface area contributed by atoms with Crippen molar-refractivity contribution in [1.29, 1.82) is 0 Å². The molecule has 21 heavy (non-hydrogen) atoms. The summed E-state index contributed by atoms with van der Waals surface area (Å²) in [6.45, 7) is 3.74. The monoisotopic (exact) mass is 307 g/mol. The van der Waals surface area contributed by atoms with E-state index in [1.165, 1.54) is 0 Å². The second-order valence-electron chi connectivity index (χ2n) is 5.44. The Labute approximate surface area is 128 Å². The van der Waals surface area contributed by atoms with Gasteiger partial charge in [-0.05, 0) is 44.4 Å². The Morgan fingerprint density at radius 1 is 1.29 bits per heavy atom. The molecule has 0 bridgehead atoms. The first kappa shape index (κ1) is 15.6. The minimum absolute atomic E-state index is 0.264. The summed E-state index contributed by atoms with van der Waals surface area (Å²) >= 11 is 6.03. The van der Waals surface area contributed by atoms with Crippen LogP contribution in [0.3, 0.4) is 0 Å². The van der Waals surface area contributed by atoms with Gasteiger partial charge in [0.05, 0.1) is 11.8 Å². The Morgan fingerprint density at radius 2 is 2.00 bits per heavy atom. The van der Waals surface area contributed by atoms with E-state index in [-0.39, 0.29) is 5.91 Å². The zero-order valence-corrected chi connectivity index (χ0v) is 12.8. The van der Waals surface area contributed by atoms with E-state index in [1.54, 1.807) is 18.2 Å². The highest BCUT2D eigenvalue weighted by Gasteiger charge is 2.35. The van der Waals surface area contributed by atoms with E-state index in [2.05, 4.69) is 5.32 Å². The van der Waals surface area contributed by atoms with Gasteiger partial charge in [-0.15, -0.1) is 0 Å². The average molecular weight is 308 g/mol. The van der Waals surface area contributed by atoms with Crippen LogP contribution in [0, 0.1) is 18.8 Å². The van der Waals surface area contributed by atoms with Gasteiger partial charge in [0.25, 0.3) is 0 Å². The van der Waals surface area contributed by atoms with Crippen molar-refractivity contribution < 1.29 is 14.7 Å². The number of rotatable bonds is 3. The molecule has 0 saturated carbocycles. The van der Waals surface area contributed by atoms with Gasteiger partial charge >= 0.3 is 5.97 Å². The van der Waals surface area contributed by atoms with E-state index in [0.29, 0.717) is 23.6 Å². The second-order valence-corrected chi connectivity index (χ2v) is 5.85. The van der Waals surface area contributed by atoms with Crippen LogP contribution in [-0.2, 0) is 9.59 Å². The van der Waals surface area contributed by atoms with Crippen molar-refractivity contribution in [2.75, 3.05) is 5.32 Å². The highest BCUT2D eigenvalue weighted by molar-refractivity contribution is 6.31. The van der Waals surface area contributed by atoms with E-state index in [0.717, 1.165) is 11.1 Å². The molecule has 1 aromatic rings. The Bertz CT molecular complexity index is 610. The number of hydrogen-bond acceptors (Lipinski definition) is 2. The van der Waals surface area contributed by atoms with Crippen LogP contribution in [0.25, 0.3) is 0 Å². The van der Waals surface area contributed by atoms with Crippen molar-refractivity contribution in [1.82, 2.24) is 0 Å². The maximum Gasteiger partial charge on any atom is 0.307 e. The van der Waals surface area contributed by atoms with Gasteiger partial charge in [0.1, 0.15) is 0 Å². The fraction of sp³-hybridized carbons (Fsp3) is 0.375. The molecular formula is C16H18ClNO3. The molecule has 0 aromatic heterocycles. The number of halogens is 1. The number of nitrogens with one attached hydrogen (secondary N) is 1. The van der Waals surface area contributed by atoms with Crippen LogP contribution in [0.2, 0.25) is 5.02 Å². The van der Waals surface area contributed by atoms with Crippen LogP contribution < -0.4 is 5.32 Å². The second kappa shape index (κ2) is 6.31. The highest BCUT2D eigenvalue weighted by Crippen LogP contribution is 2.32. The van der Waals surface area contributed by atoms with Gasteiger partial charge in [-0.2, -0.15) is 0 Å². The summed E-state index contributed by atoms with van der Waals surface area (Å²) in [6.07, 6.45) is 2.77. The lowest BCUT2D eigenvalue weighted by molar-refractivity contribution is -0.146. The van der Waals surface area contributed by atoms with E-state index < -0.39 is 17.8 Å². The normalized spacial score (nSPS) is 21.6. The third-order valence-electron chi connectivity index (χ3n) is 3.93. The van der Waals surface area contributed by atoms with E-state index in [4.69, 9.17) is 11.6 Å². The zero-order chi connectivity index (χ0) is 15.6. The first-order valence-corrected chi connectivity index (χ1v) is 7.22. The summed E-state index contributed by atoms with van der Waals surface area (Å²) in [4.78, 5) is 23.8. The van der Waals surface area contributed by atoms with Crippen LogP contribution >= 0.6 is 11.6 Å². The van der Waals surface area contributed by atoms with Gasteiger partial charge in [0.2, 0.25) is 5.91 Å². The number of carbonyl (C=O) groups excluding carboxylic acids is 1. The molecule has 1 aromatic carbocycles. The number of benzene rings is 1. The van der Waals surface area contributed by atoms with Crippen molar-refractivity contribution in [3.63, 3.8) is 0 Å². The SMILES string of the molecule is CC1=CC[C@H](C(=O)O)[C@@H](C(=O)Nc2cccc(Cl)c2C)C1. The lowest BCUT2D eigenvalue weighted by Gasteiger charge is -2.27. The standard InChI is InChI=1S/C16H18ClNO3/c1-9-6-7-11(16(20)21)12(8-9)15(19)18-14-5-3-4-13(17)10(14)2/h3-6,11-12H,7-8H2,1-2H3,(H,18,19)(H,20,21)/t11-,12-/m0/s1. The maximum atomic E-state index is 12.4. The number of allylic oxidation sites excluding steroid dienone is 2. The summed E-state index contributed by atoms with van der Waals surface area (Å²) in [7, 11) is 0. The minimum atomic E-state index is -0.929. The molecule has 2 N–H and O–H groups in total. The molecule has 0 fully saturated rings. The number of carbonyl (C=O) groups is 2. The fourth-order valence-electron chi connectivity index (χ4n) is 2.58. The lowest BCUT2D eigenvalue weighted by atomic mass is 9.79. The smallest absolute Gasteiger partial charge is 0.307 e. The van der Waals surface area contributed by atoms with Gasteiger partial charge in [0, 0.05) is 10.7 Å². The third-order valence-corrected chi connectivity index (χ3v) is 4.34. The predicted octanol–water partition coefficient (Wildman–Crippen LogP) is 3.64. The molecule has 0 unspecified atom stereocenters. The van der Waals surface area contributed by atoms with E-state index in [9.17, 15) is 14.7 Å². The molecule has 4 nitrogen and oxygen atoms in total. The van der Waals surface area contributed by atoms with Crippen LogP contribution in [-0.4, -0.2) is 17.0 Å². The van der Waals surface area contributed by atoms with Crippen molar-refractivity contribution in [3.8, 4) is 0 Å². The van der Waals surface area contributed by atoms with Crippen molar-refractivity contribution in [2.24, 2.45) is 11.8 Å². The molecule has 0 spiro atoms. The molecule has 1 aliphatic rings. The zero-order valence-electron chi connectivity index (χ0n) is 12.0. The van der Waals surface area contributed by atoms with Crippen molar-refractivity contribution >= 4 is 29.2 Å². The average Bonchev–Trinajstić information content (AvgIpc) is 2.43. The molecule has 112 valence electrons. The molecule has 0 saturated heterocycles. The highest BCUT2D eigenvalue weighted by atomic mass is 35.5. The molecule has 5 heteroatoms. The van der Waals surface area contributed by atoms with E-state index >= 15 is 0 Å². The number of amides is 1. The summed E-state index contributed by atoms with van der Waals surface area (Å²) in [5.74, 6) is -2.42. The molecule has 2 rings (SSSR count). The number of aliphatic carboxylic acids is 1. The topological polar surface area (TPSA) is 66.4 Å². The summed E-state index contributed by atoms with van der Waals surface area (Å²) < 4.78 is 0. The Balaban J connectivity index is 2.20. The van der Waals surface area contributed by atoms with Crippen molar-refractivity contribution in [3.05, 3.63) is 40.4 Å². The van der Waals surface area contributed by atoms with Crippen LogP contribution in [0.15, 0.2) is 29.8 Å². The molecule has 0 heterocycles. The molecular weight excluding hydrogens is 290 g/mol. The quantitative estimate of drug-likeness (QED) is 0.838. The molecule has 0 radical (unpaired) electrons. The largest absolute Gasteiger partial charge is 0.481 e. The number of carboxylic acid groups (broad SMARTS) is 1. The van der Waals surface area contributed by atoms with Gasteiger partial charge in [0.15, 0.2) is 0 Å². The van der Waals surface area contributed by atoms with E-state index in [1.807, 2.05) is 19.9 Å². The number of hydrogen-bond donors (Lipinski definition) is 2. The van der Waals surface area contributed by atoms with Crippen LogP contribution in [0.4, 0.5) is 5.69 Å². The fourth-order valence-corrected chi connectivity index (χ4v) is 2.76. The Hall–Kier alpha value is -1.81. The third kappa shape index (κ3) is 3.45. The molecule has 0 aliphatic heterocycles. The Morgan fingerprint density at radius 3 is 2.67 bits per heavy atom. The predicted molar refractivity (Wildman–Crippen MR) is 82.4 cm³/mol. The lowest BCUT2D eigenvalue weighted by Crippen LogP contribution is -2.35. The first-order chi connectivity index (χ1) is 9.90. The molecule has 1 amide bonds. The van der Waals surface area contributed by atoms with Gasteiger partial charge in [-0.3, -0.25) is 9.59 Å². The minimum Gasteiger partial charge on any atom is -0.481 e. The maximum absolute atomic E-state index is 12.4. The first-order valence-electron chi connectivity index (χ1n) is 6.84. The molecule has 1 aliphatic carbocycles. The number of anilines is 1. The van der Waals surface area contributed by atoms with Crippen LogP contribution in [0.5, 0.6) is 0 Å². The van der Waals surface area contributed by atoms with Crippen LogP contribution in [0.1, 0.15) is 25.3 Å². The summed E-state index contributed by atoms with van der Waals surface area (Å²) in [6, 6.07) is 5.27. The Kier molecular flexibility index (Phi) is 4.68. The van der Waals surface area contributed by atoms with Crippen molar-refractivity contribution in [2.45, 2.75) is 26.7 Å². The summed E-state index contributed by atoms with van der Waals surface area (Å²) in [5, 5.41) is 12.7. The van der Waals surface area contributed by atoms with Gasteiger partial charge in [-0.1, -0.05) is 29.3 Å². The van der Waals surface area contributed by atoms with Gasteiger partial charge in [-0.25, -0.2) is 0 Å². The number of carboxylic acids is 1. The van der Waals surface area contributed by atoms with Gasteiger partial charge < -0.3 is 10.4 Å². The molecule has 2 atom stereocenters. The summed E-state index contributed by atoms with van der Waals surface area (Å²) in [5.41, 5.74) is 2.46.